The van der Waals surface area contributed by atoms with Crippen LogP contribution in [0.15, 0.2) is 40.9 Å². The number of amides is 1. The van der Waals surface area contributed by atoms with Gasteiger partial charge in [0.25, 0.3) is 6.01 Å². The third-order valence-corrected chi connectivity index (χ3v) is 4.36. The molecule has 1 saturated heterocycles. The third kappa shape index (κ3) is 3.99. The van der Waals surface area contributed by atoms with E-state index in [1.54, 1.807) is 18.3 Å². The van der Waals surface area contributed by atoms with Crippen LogP contribution in [0.1, 0.15) is 19.0 Å². The average molecular weight is 370 g/mol. The van der Waals surface area contributed by atoms with Gasteiger partial charge in [-0.25, -0.2) is 4.39 Å². The highest BCUT2D eigenvalue weighted by Crippen LogP contribution is 2.27. The average Bonchev–Trinajstić information content (AvgIpc) is 3.26. The third-order valence-electron chi connectivity index (χ3n) is 4.36. The van der Waals surface area contributed by atoms with Crippen molar-refractivity contribution in [3.63, 3.8) is 0 Å². The number of nitrogens with zero attached hydrogens (tertiary/aromatic N) is 3. The molecule has 7 nitrogen and oxygen atoms in total. The fourth-order valence-electron chi connectivity index (χ4n) is 3.06. The standard InChI is InChI=1S/C19H19FN4O3/c1-12(25)22-10-14-9-15(4-6-21-14)26-16-5-7-24(11-16)19-23-17-8-13(20)2-3-18(17)27-19/h2-4,6,8-9,16H,5,7,10-11H2,1H3,(H,22,25). The maximum Gasteiger partial charge on any atom is 0.298 e. The molecule has 1 aliphatic heterocycles. The Morgan fingerprint density at radius 3 is 3.15 bits per heavy atom. The molecule has 4 rings (SSSR count). The zero-order valence-corrected chi connectivity index (χ0v) is 14.8. The summed E-state index contributed by atoms with van der Waals surface area (Å²) in [5.74, 6) is 0.266. The molecule has 27 heavy (non-hydrogen) atoms. The number of pyridine rings is 1. The second-order valence-corrected chi connectivity index (χ2v) is 6.48. The van der Waals surface area contributed by atoms with Crippen LogP contribution in [0.3, 0.4) is 0 Å². The number of hydrogen-bond donors (Lipinski definition) is 1. The van der Waals surface area contributed by atoms with Crippen molar-refractivity contribution < 1.29 is 18.3 Å². The van der Waals surface area contributed by atoms with Gasteiger partial charge in [0, 0.05) is 38.2 Å². The highest BCUT2D eigenvalue weighted by molar-refractivity contribution is 5.74. The topological polar surface area (TPSA) is 80.5 Å². The summed E-state index contributed by atoms with van der Waals surface area (Å²) in [4.78, 5) is 21.6. The quantitative estimate of drug-likeness (QED) is 0.744. The number of oxazole rings is 1. The van der Waals surface area contributed by atoms with Gasteiger partial charge in [-0.15, -0.1) is 0 Å². The van der Waals surface area contributed by atoms with E-state index in [-0.39, 0.29) is 17.8 Å². The molecule has 0 bridgehead atoms. The number of carbonyl (C=O) groups excluding carboxylic acids is 1. The van der Waals surface area contributed by atoms with Crippen molar-refractivity contribution in [1.29, 1.82) is 0 Å². The van der Waals surface area contributed by atoms with E-state index in [0.29, 0.717) is 36.0 Å². The van der Waals surface area contributed by atoms with Crippen molar-refractivity contribution >= 4 is 23.0 Å². The number of aromatic nitrogens is 2. The molecular weight excluding hydrogens is 351 g/mol. The Hall–Kier alpha value is -3.16. The Morgan fingerprint density at radius 2 is 2.30 bits per heavy atom. The molecule has 1 N–H and O–H groups in total. The van der Waals surface area contributed by atoms with Gasteiger partial charge in [-0.1, -0.05) is 0 Å². The first kappa shape index (κ1) is 17.3. The number of nitrogens with one attached hydrogen (secondary N) is 1. The molecule has 1 aliphatic rings. The lowest BCUT2D eigenvalue weighted by Crippen LogP contribution is -2.25. The van der Waals surface area contributed by atoms with Gasteiger partial charge in [0.15, 0.2) is 5.58 Å². The van der Waals surface area contributed by atoms with Crippen LogP contribution in [0.5, 0.6) is 5.75 Å². The van der Waals surface area contributed by atoms with Crippen molar-refractivity contribution in [3.8, 4) is 5.75 Å². The first-order valence-electron chi connectivity index (χ1n) is 8.74. The molecule has 1 atom stereocenters. The monoisotopic (exact) mass is 370 g/mol. The van der Waals surface area contributed by atoms with Crippen LogP contribution >= 0.6 is 0 Å². The Labute approximate surface area is 155 Å². The molecule has 2 aromatic heterocycles. The fraction of sp³-hybridized carbons (Fsp3) is 0.316. The number of anilines is 1. The Bertz CT molecular complexity index is 974. The van der Waals surface area contributed by atoms with Gasteiger partial charge in [-0.2, -0.15) is 4.98 Å². The summed E-state index contributed by atoms with van der Waals surface area (Å²) in [5.41, 5.74) is 1.80. The van der Waals surface area contributed by atoms with Gasteiger partial charge in [-0.3, -0.25) is 9.78 Å². The predicted octanol–water partition coefficient (Wildman–Crippen LogP) is 2.66. The molecule has 3 heterocycles. The zero-order chi connectivity index (χ0) is 18.8. The summed E-state index contributed by atoms with van der Waals surface area (Å²) in [6.45, 7) is 3.19. The molecule has 1 amide bonds. The minimum atomic E-state index is -0.335. The van der Waals surface area contributed by atoms with Crippen LogP contribution in [0.4, 0.5) is 10.4 Å². The Kier molecular flexibility index (Phi) is 4.62. The number of fused-ring (bicyclic) bond motifs is 1. The van der Waals surface area contributed by atoms with E-state index in [9.17, 15) is 9.18 Å². The number of ether oxygens (including phenoxy) is 1. The molecular formula is C19H19FN4O3. The van der Waals surface area contributed by atoms with Gasteiger partial charge in [0.05, 0.1) is 18.8 Å². The van der Waals surface area contributed by atoms with E-state index >= 15 is 0 Å². The van der Waals surface area contributed by atoms with Crippen LogP contribution in [0, 0.1) is 5.82 Å². The van der Waals surface area contributed by atoms with E-state index in [4.69, 9.17) is 9.15 Å². The van der Waals surface area contributed by atoms with Crippen LogP contribution < -0.4 is 15.0 Å². The van der Waals surface area contributed by atoms with E-state index in [1.165, 1.54) is 19.1 Å². The van der Waals surface area contributed by atoms with Gasteiger partial charge in [0.1, 0.15) is 23.2 Å². The molecule has 1 aromatic carbocycles. The highest BCUT2D eigenvalue weighted by Gasteiger charge is 2.27. The highest BCUT2D eigenvalue weighted by atomic mass is 19.1. The molecule has 0 radical (unpaired) electrons. The fourth-order valence-corrected chi connectivity index (χ4v) is 3.06. The van der Waals surface area contributed by atoms with Crippen LogP contribution in [-0.2, 0) is 11.3 Å². The van der Waals surface area contributed by atoms with Gasteiger partial charge in [0.2, 0.25) is 5.91 Å². The molecule has 0 saturated carbocycles. The van der Waals surface area contributed by atoms with Crippen LogP contribution in [0.2, 0.25) is 0 Å². The van der Waals surface area contributed by atoms with Crippen molar-refractivity contribution in [2.75, 3.05) is 18.0 Å². The van der Waals surface area contributed by atoms with Crippen molar-refractivity contribution in [1.82, 2.24) is 15.3 Å². The summed E-state index contributed by atoms with van der Waals surface area (Å²) in [6.07, 6.45) is 2.46. The summed E-state index contributed by atoms with van der Waals surface area (Å²) in [5, 5.41) is 2.72. The first-order chi connectivity index (χ1) is 13.1. The van der Waals surface area contributed by atoms with Crippen molar-refractivity contribution in [3.05, 3.63) is 48.0 Å². The number of hydrogen-bond acceptors (Lipinski definition) is 6. The molecule has 3 aromatic rings. The summed E-state index contributed by atoms with van der Waals surface area (Å²) in [6, 6.07) is 8.39. The lowest BCUT2D eigenvalue weighted by molar-refractivity contribution is -0.119. The van der Waals surface area contributed by atoms with E-state index in [0.717, 1.165) is 18.7 Å². The second-order valence-electron chi connectivity index (χ2n) is 6.48. The lowest BCUT2D eigenvalue weighted by atomic mass is 10.3. The Morgan fingerprint density at radius 1 is 1.41 bits per heavy atom. The first-order valence-corrected chi connectivity index (χ1v) is 8.74. The zero-order valence-electron chi connectivity index (χ0n) is 14.8. The molecule has 8 heteroatoms. The summed E-state index contributed by atoms with van der Waals surface area (Å²) < 4.78 is 25.1. The minimum Gasteiger partial charge on any atom is -0.488 e. The number of rotatable bonds is 5. The normalized spacial score (nSPS) is 16.7. The van der Waals surface area contributed by atoms with E-state index in [2.05, 4.69) is 15.3 Å². The van der Waals surface area contributed by atoms with Gasteiger partial charge < -0.3 is 19.4 Å². The molecule has 0 aliphatic carbocycles. The van der Waals surface area contributed by atoms with Gasteiger partial charge in [-0.05, 0) is 18.2 Å². The maximum atomic E-state index is 13.3. The number of carbonyl (C=O) groups is 1. The number of halogens is 1. The summed E-state index contributed by atoms with van der Waals surface area (Å²) >= 11 is 0. The van der Waals surface area contributed by atoms with E-state index in [1.807, 2.05) is 11.0 Å². The predicted molar refractivity (Wildman–Crippen MR) is 97.0 cm³/mol. The smallest absolute Gasteiger partial charge is 0.298 e. The van der Waals surface area contributed by atoms with Gasteiger partial charge >= 0.3 is 0 Å². The largest absolute Gasteiger partial charge is 0.488 e. The molecule has 1 fully saturated rings. The summed E-state index contributed by atoms with van der Waals surface area (Å²) in [7, 11) is 0. The SMILES string of the molecule is CC(=O)NCc1cc(OC2CCN(c3nc4cc(F)ccc4o3)C2)ccn1. The lowest BCUT2D eigenvalue weighted by Gasteiger charge is -2.15. The minimum absolute atomic E-state index is 0.0206. The van der Waals surface area contributed by atoms with Crippen molar-refractivity contribution in [2.45, 2.75) is 26.0 Å². The molecule has 140 valence electrons. The van der Waals surface area contributed by atoms with Crippen LogP contribution in [-0.4, -0.2) is 35.1 Å². The Balaban J connectivity index is 1.40. The molecule has 0 spiro atoms. The number of benzene rings is 1. The second kappa shape index (κ2) is 7.22. The maximum absolute atomic E-state index is 13.3. The molecule has 1 unspecified atom stereocenters. The van der Waals surface area contributed by atoms with Crippen LogP contribution in [0.25, 0.3) is 11.1 Å². The van der Waals surface area contributed by atoms with E-state index < -0.39 is 0 Å². The van der Waals surface area contributed by atoms with Crippen molar-refractivity contribution in [2.24, 2.45) is 0 Å².